The van der Waals surface area contributed by atoms with E-state index in [0.717, 1.165) is 16.7 Å². The molecule has 0 aromatic heterocycles. The van der Waals surface area contributed by atoms with Gasteiger partial charge in [-0.15, -0.1) is 0 Å². The van der Waals surface area contributed by atoms with Crippen LogP contribution in [0.4, 0.5) is 13.6 Å². The third-order valence-corrected chi connectivity index (χ3v) is 5.04. The van der Waals surface area contributed by atoms with Crippen LogP contribution in [-0.4, -0.2) is 42.9 Å². The average molecular weight is 401 g/mol. The van der Waals surface area contributed by atoms with Gasteiger partial charge in [0.1, 0.15) is 12.4 Å². The maximum Gasteiger partial charge on any atom is 0.411 e. The number of alkyl halides is 2. The van der Waals surface area contributed by atoms with Crippen LogP contribution in [0, 0.1) is 0 Å². The van der Waals surface area contributed by atoms with Gasteiger partial charge in [-0.05, 0) is 35.3 Å². The molecule has 0 radical (unpaired) electrons. The molecule has 29 heavy (non-hydrogen) atoms. The Balaban J connectivity index is 1.49. The Morgan fingerprint density at radius 2 is 1.97 bits per heavy atom. The summed E-state index contributed by atoms with van der Waals surface area (Å²) >= 11 is 0. The predicted molar refractivity (Wildman–Crippen MR) is 103 cm³/mol. The minimum absolute atomic E-state index is 0.115. The highest BCUT2D eigenvalue weighted by Crippen LogP contribution is 2.34. The van der Waals surface area contributed by atoms with E-state index in [0.29, 0.717) is 19.6 Å². The number of rotatable bonds is 5. The molecule has 1 fully saturated rings. The molecule has 2 atom stereocenters. The Bertz CT molecular complexity index is 887. The summed E-state index contributed by atoms with van der Waals surface area (Å²) in [6.45, 7) is -1.89. The van der Waals surface area contributed by atoms with Gasteiger partial charge in [0.2, 0.25) is 0 Å². The van der Waals surface area contributed by atoms with Gasteiger partial charge in [0, 0.05) is 0 Å². The summed E-state index contributed by atoms with van der Waals surface area (Å²) in [5.74, 6) is 0.115. The molecule has 2 aromatic carbocycles. The third-order valence-electron chi connectivity index (χ3n) is 5.04. The van der Waals surface area contributed by atoms with Crippen LogP contribution in [0.1, 0.15) is 17.5 Å². The Labute approximate surface area is 167 Å². The first kappa shape index (κ1) is 19.4. The highest BCUT2D eigenvalue weighted by Gasteiger charge is 2.39. The van der Waals surface area contributed by atoms with Gasteiger partial charge >= 0.3 is 12.7 Å². The van der Waals surface area contributed by atoms with E-state index in [4.69, 9.17) is 9.47 Å². The first-order valence-electron chi connectivity index (χ1n) is 9.43. The lowest BCUT2D eigenvalue weighted by molar-refractivity contribution is -0.0498. The summed E-state index contributed by atoms with van der Waals surface area (Å²) in [5, 5.41) is 0. The maximum absolute atomic E-state index is 12.7. The summed E-state index contributed by atoms with van der Waals surface area (Å²) in [6.07, 6.45) is 2.12. The molecule has 2 heterocycles. The first-order valence-corrected chi connectivity index (χ1v) is 9.43. The van der Waals surface area contributed by atoms with Gasteiger partial charge in [-0.2, -0.15) is 8.78 Å². The van der Waals surface area contributed by atoms with Crippen molar-refractivity contribution in [3.05, 3.63) is 71.8 Å². The summed E-state index contributed by atoms with van der Waals surface area (Å²) in [4.78, 5) is 14.4. The zero-order chi connectivity index (χ0) is 20.2. The maximum atomic E-state index is 12.7. The molecule has 0 saturated carbocycles. The minimum Gasteiger partial charge on any atom is -0.445 e. The number of fused-ring (bicyclic) bond motifs is 2. The van der Waals surface area contributed by atoms with E-state index in [-0.39, 0.29) is 30.5 Å². The van der Waals surface area contributed by atoms with Crippen LogP contribution in [0.15, 0.2) is 60.7 Å². The minimum atomic E-state index is -2.87. The lowest BCUT2D eigenvalue weighted by Gasteiger charge is -2.43. The van der Waals surface area contributed by atoms with Crippen molar-refractivity contribution in [3.8, 4) is 5.75 Å². The normalized spacial score (nSPS) is 20.9. The average Bonchev–Trinajstić information content (AvgIpc) is 2.71. The van der Waals surface area contributed by atoms with Gasteiger partial charge in [0.25, 0.3) is 0 Å². The number of carbonyl (C=O) groups excluding carboxylic acids is 1. The summed E-state index contributed by atoms with van der Waals surface area (Å²) in [5.41, 5.74) is 2.71. The fraction of sp³-hybridized carbons (Fsp3) is 0.318. The fourth-order valence-electron chi connectivity index (χ4n) is 3.76. The number of hydrogen-bond acceptors (Lipinski definition) is 4. The molecule has 4 rings (SSSR count). The number of benzene rings is 2. The van der Waals surface area contributed by atoms with E-state index in [1.54, 1.807) is 17.0 Å². The standard InChI is InChI=1S/C22H21F2NO4/c23-21(24)29-20-8-4-7-16(11-20)17-9-18-13-27-14-19(10-17)25(18)22(26)28-12-15-5-2-1-3-6-15/h1-9,11,18-19,21H,10,12-14H2. The zero-order valence-electron chi connectivity index (χ0n) is 15.7. The number of halogens is 2. The van der Waals surface area contributed by atoms with Crippen LogP contribution in [0.25, 0.3) is 5.57 Å². The van der Waals surface area contributed by atoms with Crippen molar-refractivity contribution >= 4 is 11.7 Å². The molecule has 5 nitrogen and oxygen atoms in total. The van der Waals surface area contributed by atoms with E-state index in [2.05, 4.69) is 4.74 Å². The summed E-state index contributed by atoms with van der Waals surface area (Å²) < 4.78 is 40.6. The number of morpholine rings is 1. The van der Waals surface area contributed by atoms with E-state index >= 15 is 0 Å². The lowest BCUT2D eigenvalue weighted by atomic mass is 9.90. The summed E-state index contributed by atoms with van der Waals surface area (Å²) in [7, 11) is 0. The van der Waals surface area contributed by atoms with Crippen molar-refractivity contribution in [1.82, 2.24) is 4.90 Å². The van der Waals surface area contributed by atoms with Crippen LogP contribution >= 0.6 is 0 Å². The second-order valence-corrected chi connectivity index (χ2v) is 7.01. The van der Waals surface area contributed by atoms with Gasteiger partial charge in [-0.3, -0.25) is 4.90 Å². The van der Waals surface area contributed by atoms with E-state index in [1.807, 2.05) is 42.5 Å². The molecular weight excluding hydrogens is 380 g/mol. The first-order chi connectivity index (χ1) is 14.1. The van der Waals surface area contributed by atoms with Gasteiger partial charge in [-0.1, -0.05) is 48.5 Å². The molecule has 2 aromatic rings. The molecule has 0 spiro atoms. The van der Waals surface area contributed by atoms with Crippen LogP contribution in [0.2, 0.25) is 0 Å². The molecule has 7 heteroatoms. The van der Waals surface area contributed by atoms with Gasteiger partial charge < -0.3 is 14.2 Å². The highest BCUT2D eigenvalue weighted by molar-refractivity contribution is 5.75. The van der Waals surface area contributed by atoms with E-state index in [1.165, 1.54) is 6.07 Å². The molecule has 2 aliphatic rings. The number of hydrogen-bond donors (Lipinski definition) is 0. The second-order valence-electron chi connectivity index (χ2n) is 7.01. The number of nitrogens with zero attached hydrogens (tertiary/aromatic N) is 1. The molecule has 2 bridgehead atoms. The Kier molecular flexibility index (Phi) is 5.76. The number of ether oxygens (including phenoxy) is 3. The van der Waals surface area contributed by atoms with Gasteiger partial charge in [-0.25, -0.2) is 4.79 Å². The van der Waals surface area contributed by atoms with Crippen molar-refractivity contribution < 1.29 is 27.8 Å². The van der Waals surface area contributed by atoms with Crippen LogP contribution in [0.3, 0.4) is 0 Å². The number of carbonyl (C=O) groups is 1. The third kappa shape index (κ3) is 4.56. The SMILES string of the molecule is O=C(OCc1ccccc1)N1C2C=C(c3cccc(OC(F)F)c3)CC1COC2. The molecule has 0 aliphatic carbocycles. The molecule has 2 aliphatic heterocycles. The van der Waals surface area contributed by atoms with Crippen LogP contribution in [-0.2, 0) is 16.1 Å². The second kappa shape index (κ2) is 8.61. The van der Waals surface area contributed by atoms with Gasteiger partial charge in [0.05, 0.1) is 25.3 Å². The monoisotopic (exact) mass is 401 g/mol. The van der Waals surface area contributed by atoms with Crippen molar-refractivity contribution in [3.63, 3.8) is 0 Å². The van der Waals surface area contributed by atoms with Crippen molar-refractivity contribution in [1.29, 1.82) is 0 Å². The quantitative estimate of drug-likeness (QED) is 0.741. The molecule has 1 amide bonds. The van der Waals surface area contributed by atoms with Crippen molar-refractivity contribution in [2.24, 2.45) is 0 Å². The molecular formula is C22H21F2NO4. The van der Waals surface area contributed by atoms with Gasteiger partial charge in [0.15, 0.2) is 0 Å². The topological polar surface area (TPSA) is 48.0 Å². The molecule has 2 unspecified atom stereocenters. The fourth-order valence-corrected chi connectivity index (χ4v) is 3.76. The Hall–Kier alpha value is -2.93. The summed E-state index contributed by atoms with van der Waals surface area (Å²) in [6, 6.07) is 15.7. The number of amides is 1. The Morgan fingerprint density at radius 1 is 1.14 bits per heavy atom. The predicted octanol–water partition coefficient (Wildman–Crippen LogP) is 4.48. The van der Waals surface area contributed by atoms with Crippen molar-refractivity contribution in [2.45, 2.75) is 31.7 Å². The highest BCUT2D eigenvalue weighted by atomic mass is 19.3. The lowest BCUT2D eigenvalue weighted by Crippen LogP contribution is -2.56. The smallest absolute Gasteiger partial charge is 0.411 e. The molecule has 1 saturated heterocycles. The molecule has 0 N–H and O–H groups in total. The van der Waals surface area contributed by atoms with E-state index in [9.17, 15) is 13.6 Å². The Morgan fingerprint density at radius 3 is 2.72 bits per heavy atom. The molecule has 152 valence electrons. The van der Waals surface area contributed by atoms with Crippen LogP contribution < -0.4 is 4.74 Å². The van der Waals surface area contributed by atoms with E-state index < -0.39 is 6.61 Å². The largest absolute Gasteiger partial charge is 0.445 e. The zero-order valence-corrected chi connectivity index (χ0v) is 15.7. The van der Waals surface area contributed by atoms with Crippen molar-refractivity contribution in [2.75, 3.05) is 13.2 Å². The van der Waals surface area contributed by atoms with Crippen LogP contribution in [0.5, 0.6) is 5.75 Å².